The molecule has 0 aromatic rings. The molecule has 0 saturated carbocycles. The average molecular weight is 230 g/mol. The minimum absolute atomic E-state index is 0.344. The van der Waals surface area contributed by atoms with Crippen molar-refractivity contribution in [3.05, 3.63) is 0 Å². The first-order valence-corrected chi connectivity index (χ1v) is 6.19. The second-order valence-corrected chi connectivity index (χ2v) is 4.62. The molecule has 1 aliphatic heterocycles. The molecule has 88 valence electrons. The van der Waals surface area contributed by atoms with Crippen molar-refractivity contribution >= 4 is 17.2 Å². The predicted molar refractivity (Wildman–Crippen MR) is 67.1 cm³/mol. The molecule has 0 radical (unpaired) electrons. The van der Waals surface area contributed by atoms with Crippen molar-refractivity contribution in [3.8, 4) is 0 Å². The number of rotatable bonds is 6. The van der Waals surface area contributed by atoms with E-state index >= 15 is 0 Å². The van der Waals surface area contributed by atoms with Crippen molar-refractivity contribution in [2.75, 3.05) is 26.8 Å². The Labute approximate surface area is 98.0 Å². The van der Waals surface area contributed by atoms with Gasteiger partial charge in [-0.25, -0.2) is 0 Å². The van der Waals surface area contributed by atoms with E-state index in [9.17, 15) is 0 Å². The number of nitrogens with zero attached hydrogens (tertiary/aromatic N) is 1. The number of hydrogen-bond acceptors (Lipinski definition) is 3. The molecule has 0 aromatic heterocycles. The number of methoxy groups -OCH3 is 1. The highest BCUT2D eigenvalue weighted by Gasteiger charge is 2.23. The maximum atomic E-state index is 5.75. The molecular weight excluding hydrogens is 208 g/mol. The summed E-state index contributed by atoms with van der Waals surface area (Å²) in [6.07, 6.45) is 5.98. The zero-order valence-corrected chi connectivity index (χ0v) is 10.4. The Hall–Kier alpha value is -0.190. The van der Waals surface area contributed by atoms with E-state index in [0.717, 1.165) is 32.5 Å². The third-order valence-electron chi connectivity index (χ3n) is 2.99. The molecule has 1 aliphatic rings. The van der Waals surface area contributed by atoms with Gasteiger partial charge in [0, 0.05) is 13.7 Å². The molecule has 15 heavy (non-hydrogen) atoms. The molecule has 0 aliphatic carbocycles. The minimum atomic E-state index is 0.344. The number of likely N-dealkylation sites (tertiary alicyclic amines) is 1. The first kappa shape index (κ1) is 12.9. The largest absolute Gasteiger partial charge is 0.392 e. The zero-order chi connectivity index (χ0) is 11.1. The van der Waals surface area contributed by atoms with E-state index < -0.39 is 0 Å². The number of ether oxygens (including phenoxy) is 1. The van der Waals surface area contributed by atoms with Crippen LogP contribution >= 0.6 is 12.2 Å². The highest BCUT2D eigenvalue weighted by Crippen LogP contribution is 2.17. The third-order valence-corrected chi connectivity index (χ3v) is 3.26. The Kier molecular flexibility index (Phi) is 6.13. The van der Waals surface area contributed by atoms with Crippen LogP contribution in [0, 0.1) is 0 Å². The molecule has 0 spiro atoms. The molecule has 1 atom stereocenters. The van der Waals surface area contributed by atoms with Gasteiger partial charge in [-0.15, -0.1) is 0 Å². The van der Waals surface area contributed by atoms with Gasteiger partial charge in [-0.2, -0.15) is 0 Å². The minimum Gasteiger partial charge on any atom is -0.392 e. The van der Waals surface area contributed by atoms with Gasteiger partial charge in [0.25, 0.3) is 0 Å². The maximum Gasteiger partial charge on any atom is 0.0902 e. The first-order chi connectivity index (χ1) is 7.25. The monoisotopic (exact) mass is 230 g/mol. The van der Waals surface area contributed by atoms with Gasteiger partial charge in [-0.05, 0) is 38.8 Å². The van der Waals surface area contributed by atoms with Crippen molar-refractivity contribution in [2.45, 2.75) is 38.1 Å². The fourth-order valence-corrected chi connectivity index (χ4v) is 2.41. The van der Waals surface area contributed by atoms with Crippen LogP contribution in [-0.4, -0.2) is 42.7 Å². The SMILES string of the molecule is COCCCCN1CCCCC1C(N)=S. The van der Waals surface area contributed by atoms with Crippen LogP contribution in [0.25, 0.3) is 0 Å². The number of unbranched alkanes of at least 4 members (excludes halogenated alkanes) is 1. The lowest BCUT2D eigenvalue weighted by Crippen LogP contribution is -2.47. The second-order valence-electron chi connectivity index (χ2n) is 4.15. The molecule has 1 saturated heterocycles. The fraction of sp³-hybridized carbons (Fsp3) is 0.909. The Morgan fingerprint density at radius 3 is 2.93 bits per heavy atom. The molecule has 0 bridgehead atoms. The summed E-state index contributed by atoms with van der Waals surface area (Å²) in [6, 6.07) is 0.344. The summed E-state index contributed by atoms with van der Waals surface area (Å²) in [4.78, 5) is 3.10. The molecule has 1 rings (SSSR count). The summed E-state index contributed by atoms with van der Waals surface area (Å²) in [5.74, 6) is 0. The number of piperidine rings is 1. The van der Waals surface area contributed by atoms with Gasteiger partial charge in [0.2, 0.25) is 0 Å². The molecule has 3 nitrogen and oxygen atoms in total. The smallest absolute Gasteiger partial charge is 0.0902 e. The molecule has 0 amide bonds. The van der Waals surface area contributed by atoms with Crippen LogP contribution in [-0.2, 0) is 4.74 Å². The van der Waals surface area contributed by atoms with Gasteiger partial charge >= 0.3 is 0 Å². The van der Waals surface area contributed by atoms with Gasteiger partial charge in [-0.1, -0.05) is 18.6 Å². The molecule has 4 heteroatoms. The van der Waals surface area contributed by atoms with E-state index in [2.05, 4.69) is 4.90 Å². The summed E-state index contributed by atoms with van der Waals surface area (Å²) >= 11 is 5.11. The van der Waals surface area contributed by atoms with Crippen molar-refractivity contribution in [1.82, 2.24) is 4.90 Å². The summed E-state index contributed by atoms with van der Waals surface area (Å²) < 4.78 is 5.04. The van der Waals surface area contributed by atoms with Gasteiger partial charge in [0.1, 0.15) is 0 Å². The van der Waals surface area contributed by atoms with Crippen LogP contribution in [0.1, 0.15) is 32.1 Å². The molecule has 1 fully saturated rings. The van der Waals surface area contributed by atoms with Crippen molar-refractivity contribution in [1.29, 1.82) is 0 Å². The van der Waals surface area contributed by atoms with Crippen LogP contribution in [0.2, 0.25) is 0 Å². The Morgan fingerprint density at radius 2 is 2.27 bits per heavy atom. The standard InChI is InChI=1S/C11H22N2OS/c1-14-9-5-4-8-13-7-3-2-6-10(13)11(12)15/h10H,2-9H2,1H3,(H2,12,15). The van der Waals surface area contributed by atoms with E-state index in [-0.39, 0.29) is 0 Å². The van der Waals surface area contributed by atoms with Crippen LogP contribution in [0.4, 0.5) is 0 Å². The van der Waals surface area contributed by atoms with E-state index in [4.69, 9.17) is 22.7 Å². The average Bonchev–Trinajstić information content (AvgIpc) is 2.25. The summed E-state index contributed by atoms with van der Waals surface area (Å²) in [5.41, 5.74) is 5.75. The van der Waals surface area contributed by atoms with Crippen molar-refractivity contribution in [3.63, 3.8) is 0 Å². The topological polar surface area (TPSA) is 38.5 Å². The van der Waals surface area contributed by atoms with Gasteiger partial charge in [0.05, 0.1) is 11.0 Å². The van der Waals surface area contributed by atoms with Gasteiger partial charge in [-0.3, -0.25) is 4.90 Å². The normalized spacial score (nSPS) is 22.9. The Balaban J connectivity index is 2.26. The van der Waals surface area contributed by atoms with E-state index in [0.29, 0.717) is 11.0 Å². The summed E-state index contributed by atoms with van der Waals surface area (Å²) in [5, 5.41) is 0. The molecule has 1 heterocycles. The second kappa shape index (κ2) is 7.14. The van der Waals surface area contributed by atoms with E-state index in [1.807, 2.05) is 0 Å². The fourth-order valence-electron chi connectivity index (χ4n) is 2.14. The van der Waals surface area contributed by atoms with Crippen molar-refractivity contribution in [2.24, 2.45) is 5.73 Å². The molecule has 0 aromatic carbocycles. The quantitative estimate of drug-likeness (QED) is 0.555. The highest BCUT2D eigenvalue weighted by molar-refractivity contribution is 7.80. The van der Waals surface area contributed by atoms with Crippen LogP contribution in [0.5, 0.6) is 0 Å². The molecule has 1 unspecified atom stereocenters. The lowest BCUT2D eigenvalue weighted by atomic mass is 10.0. The van der Waals surface area contributed by atoms with Crippen molar-refractivity contribution < 1.29 is 4.74 Å². The predicted octanol–water partition coefficient (Wildman–Crippen LogP) is 1.55. The Bertz CT molecular complexity index is 199. The van der Waals surface area contributed by atoms with Gasteiger partial charge < -0.3 is 10.5 Å². The number of hydrogen-bond donors (Lipinski definition) is 1. The van der Waals surface area contributed by atoms with Crippen LogP contribution in [0.3, 0.4) is 0 Å². The highest BCUT2D eigenvalue weighted by atomic mass is 32.1. The molecular formula is C11H22N2OS. The first-order valence-electron chi connectivity index (χ1n) is 5.78. The summed E-state index contributed by atoms with van der Waals surface area (Å²) in [7, 11) is 1.75. The number of nitrogens with two attached hydrogens (primary N) is 1. The number of thiocarbonyl (C=S) groups is 1. The van der Waals surface area contributed by atoms with Crippen LogP contribution in [0.15, 0.2) is 0 Å². The van der Waals surface area contributed by atoms with Gasteiger partial charge in [0.15, 0.2) is 0 Å². The maximum absolute atomic E-state index is 5.75. The lowest BCUT2D eigenvalue weighted by Gasteiger charge is -2.34. The third kappa shape index (κ3) is 4.45. The lowest BCUT2D eigenvalue weighted by molar-refractivity contribution is 0.165. The Morgan fingerprint density at radius 1 is 1.47 bits per heavy atom. The zero-order valence-electron chi connectivity index (χ0n) is 9.58. The molecule has 2 N–H and O–H groups in total. The van der Waals surface area contributed by atoms with E-state index in [1.165, 1.54) is 19.3 Å². The van der Waals surface area contributed by atoms with E-state index in [1.54, 1.807) is 7.11 Å². The van der Waals surface area contributed by atoms with Crippen LogP contribution < -0.4 is 5.73 Å². The summed E-state index contributed by atoms with van der Waals surface area (Å²) in [6.45, 7) is 3.10.